The number of anilines is 1. The van der Waals surface area contributed by atoms with Crippen LogP contribution in [0.5, 0.6) is 5.75 Å². The minimum Gasteiger partial charge on any atom is -0.496 e. The van der Waals surface area contributed by atoms with Crippen LogP contribution in [-0.4, -0.2) is 12.1 Å². The SMILES string of the molecule is COc1cccc2sc(-c3cc(N)ccn3)cc12. The molecule has 0 saturated heterocycles. The maximum Gasteiger partial charge on any atom is 0.127 e. The monoisotopic (exact) mass is 256 g/mol. The molecule has 0 fully saturated rings. The van der Waals surface area contributed by atoms with Gasteiger partial charge in [0.15, 0.2) is 0 Å². The molecule has 18 heavy (non-hydrogen) atoms. The summed E-state index contributed by atoms with van der Waals surface area (Å²) >= 11 is 1.69. The standard InChI is InChI=1S/C14H12N2OS/c1-17-12-3-2-4-13-10(12)8-14(18-13)11-7-9(15)5-6-16-11/h2-8H,1H3,(H2,15,16). The highest BCUT2D eigenvalue weighted by molar-refractivity contribution is 7.22. The molecule has 0 unspecified atom stereocenters. The van der Waals surface area contributed by atoms with Crippen LogP contribution in [-0.2, 0) is 0 Å². The van der Waals surface area contributed by atoms with Crippen LogP contribution in [0.15, 0.2) is 42.6 Å². The van der Waals surface area contributed by atoms with Gasteiger partial charge in [-0.25, -0.2) is 0 Å². The third-order valence-corrected chi connectivity index (χ3v) is 3.90. The van der Waals surface area contributed by atoms with E-state index in [4.69, 9.17) is 10.5 Å². The van der Waals surface area contributed by atoms with E-state index in [1.54, 1.807) is 30.7 Å². The molecule has 3 nitrogen and oxygen atoms in total. The van der Waals surface area contributed by atoms with Gasteiger partial charge in [-0.05, 0) is 30.3 Å². The van der Waals surface area contributed by atoms with Gasteiger partial charge in [0, 0.05) is 22.0 Å². The Labute approximate surface area is 109 Å². The van der Waals surface area contributed by atoms with Gasteiger partial charge in [0.2, 0.25) is 0 Å². The lowest BCUT2D eigenvalue weighted by Crippen LogP contribution is -1.86. The number of thiophene rings is 1. The molecule has 2 aromatic heterocycles. The number of fused-ring (bicyclic) bond motifs is 1. The maximum atomic E-state index is 5.79. The van der Waals surface area contributed by atoms with Gasteiger partial charge in [-0.1, -0.05) is 6.07 Å². The second-order valence-electron chi connectivity index (χ2n) is 3.96. The normalized spacial score (nSPS) is 10.7. The summed E-state index contributed by atoms with van der Waals surface area (Å²) in [4.78, 5) is 5.45. The molecule has 0 amide bonds. The second-order valence-corrected chi connectivity index (χ2v) is 5.04. The lowest BCUT2D eigenvalue weighted by Gasteiger charge is -1.99. The molecule has 0 aliphatic carbocycles. The predicted octanol–water partition coefficient (Wildman–Crippen LogP) is 3.55. The van der Waals surface area contributed by atoms with E-state index in [0.717, 1.165) is 27.4 Å². The largest absolute Gasteiger partial charge is 0.496 e. The molecule has 0 bridgehead atoms. The van der Waals surface area contributed by atoms with E-state index in [1.165, 1.54) is 4.70 Å². The van der Waals surface area contributed by atoms with Gasteiger partial charge in [-0.2, -0.15) is 0 Å². The summed E-state index contributed by atoms with van der Waals surface area (Å²) in [5.41, 5.74) is 7.41. The highest BCUT2D eigenvalue weighted by Gasteiger charge is 2.08. The molecule has 0 aliphatic rings. The molecule has 0 aliphatic heterocycles. The fourth-order valence-electron chi connectivity index (χ4n) is 1.92. The summed E-state index contributed by atoms with van der Waals surface area (Å²) in [5, 5.41) is 1.12. The van der Waals surface area contributed by atoms with Crippen molar-refractivity contribution in [3.63, 3.8) is 0 Å². The maximum absolute atomic E-state index is 5.79. The zero-order valence-electron chi connectivity index (χ0n) is 9.88. The van der Waals surface area contributed by atoms with Gasteiger partial charge in [-0.15, -0.1) is 11.3 Å². The lowest BCUT2D eigenvalue weighted by molar-refractivity contribution is 0.420. The average molecular weight is 256 g/mol. The van der Waals surface area contributed by atoms with Gasteiger partial charge in [0.25, 0.3) is 0 Å². The molecule has 0 radical (unpaired) electrons. The minimum absolute atomic E-state index is 0.726. The van der Waals surface area contributed by atoms with Gasteiger partial charge < -0.3 is 10.5 Å². The molecule has 90 valence electrons. The van der Waals surface area contributed by atoms with E-state index in [9.17, 15) is 0 Å². The first-order chi connectivity index (χ1) is 8.78. The molecule has 2 N–H and O–H groups in total. The Kier molecular flexibility index (Phi) is 2.64. The highest BCUT2D eigenvalue weighted by atomic mass is 32.1. The van der Waals surface area contributed by atoms with Crippen molar-refractivity contribution >= 4 is 27.1 Å². The van der Waals surface area contributed by atoms with E-state index in [0.29, 0.717) is 0 Å². The number of hydrogen-bond acceptors (Lipinski definition) is 4. The summed E-state index contributed by atoms with van der Waals surface area (Å²) in [6.07, 6.45) is 1.73. The molecule has 3 rings (SSSR count). The molecule has 1 aromatic carbocycles. The Morgan fingerprint density at radius 3 is 2.89 bits per heavy atom. The van der Waals surface area contributed by atoms with Crippen LogP contribution in [0.4, 0.5) is 5.69 Å². The van der Waals surface area contributed by atoms with Crippen molar-refractivity contribution in [3.05, 3.63) is 42.6 Å². The third kappa shape index (κ3) is 1.80. The highest BCUT2D eigenvalue weighted by Crippen LogP contribution is 2.37. The number of hydrogen-bond donors (Lipinski definition) is 1. The van der Waals surface area contributed by atoms with E-state index in [1.807, 2.05) is 18.2 Å². The molecule has 4 heteroatoms. The van der Waals surface area contributed by atoms with Crippen molar-refractivity contribution in [2.75, 3.05) is 12.8 Å². The molecule has 2 heterocycles. The van der Waals surface area contributed by atoms with Crippen LogP contribution >= 0.6 is 11.3 Å². The summed E-state index contributed by atoms with van der Waals surface area (Å²) in [7, 11) is 1.69. The van der Waals surface area contributed by atoms with Gasteiger partial charge in [0.05, 0.1) is 17.7 Å². The summed E-state index contributed by atoms with van der Waals surface area (Å²) in [5.74, 6) is 0.888. The van der Waals surface area contributed by atoms with Crippen LogP contribution in [0, 0.1) is 0 Å². The van der Waals surface area contributed by atoms with Crippen LogP contribution < -0.4 is 10.5 Å². The first-order valence-electron chi connectivity index (χ1n) is 5.56. The zero-order valence-corrected chi connectivity index (χ0v) is 10.7. The number of ether oxygens (including phenoxy) is 1. The van der Waals surface area contributed by atoms with Gasteiger partial charge >= 0.3 is 0 Å². The Balaban J connectivity index is 2.19. The topological polar surface area (TPSA) is 48.1 Å². The van der Waals surface area contributed by atoms with E-state index in [-0.39, 0.29) is 0 Å². The van der Waals surface area contributed by atoms with Crippen molar-refractivity contribution in [2.24, 2.45) is 0 Å². The smallest absolute Gasteiger partial charge is 0.127 e. The number of nitrogen functional groups attached to an aromatic ring is 1. The number of rotatable bonds is 2. The third-order valence-electron chi connectivity index (χ3n) is 2.78. The minimum atomic E-state index is 0.726. The predicted molar refractivity (Wildman–Crippen MR) is 76.0 cm³/mol. The number of aromatic nitrogens is 1. The van der Waals surface area contributed by atoms with Crippen LogP contribution in [0.1, 0.15) is 0 Å². The van der Waals surface area contributed by atoms with Gasteiger partial charge in [0.1, 0.15) is 5.75 Å². The summed E-state index contributed by atoms with van der Waals surface area (Å²) in [6, 6.07) is 11.8. The van der Waals surface area contributed by atoms with Crippen molar-refractivity contribution < 1.29 is 4.74 Å². The Morgan fingerprint density at radius 1 is 1.22 bits per heavy atom. The fraction of sp³-hybridized carbons (Fsp3) is 0.0714. The molecule has 0 atom stereocenters. The number of nitrogens with zero attached hydrogens (tertiary/aromatic N) is 1. The average Bonchev–Trinajstić information content (AvgIpc) is 2.82. The van der Waals surface area contributed by atoms with Crippen LogP contribution in [0.25, 0.3) is 20.7 Å². The van der Waals surface area contributed by atoms with Crippen molar-refractivity contribution in [3.8, 4) is 16.3 Å². The first kappa shape index (κ1) is 11.0. The quantitative estimate of drug-likeness (QED) is 0.762. The fourth-order valence-corrected chi connectivity index (χ4v) is 2.97. The molecule has 0 saturated carbocycles. The molecular formula is C14H12N2OS. The van der Waals surface area contributed by atoms with Crippen molar-refractivity contribution in [1.82, 2.24) is 4.98 Å². The van der Waals surface area contributed by atoms with E-state index >= 15 is 0 Å². The van der Waals surface area contributed by atoms with Crippen LogP contribution in [0.3, 0.4) is 0 Å². The zero-order chi connectivity index (χ0) is 12.5. The number of nitrogens with two attached hydrogens (primary N) is 1. The Hall–Kier alpha value is -2.07. The van der Waals surface area contributed by atoms with E-state index in [2.05, 4.69) is 17.1 Å². The van der Waals surface area contributed by atoms with Crippen molar-refractivity contribution in [1.29, 1.82) is 0 Å². The first-order valence-corrected chi connectivity index (χ1v) is 6.38. The van der Waals surface area contributed by atoms with E-state index < -0.39 is 0 Å². The lowest BCUT2D eigenvalue weighted by atomic mass is 10.2. The Morgan fingerprint density at radius 2 is 2.11 bits per heavy atom. The molecule has 0 spiro atoms. The van der Waals surface area contributed by atoms with Crippen molar-refractivity contribution in [2.45, 2.75) is 0 Å². The van der Waals surface area contributed by atoms with Gasteiger partial charge in [-0.3, -0.25) is 4.98 Å². The number of benzene rings is 1. The second kappa shape index (κ2) is 4.31. The number of pyridine rings is 1. The molecular weight excluding hydrogens is 244 g/mol. The summed E-state index contributed by atoms with van der Waals surface area (Å²) < 4.78 is 6.55. The molecule has 3 aromatic rings. The van der Waals surface area contributed by atoms with Crippen LogP contribution in [0.2, 0.25) is 0 Å². The summed E-state index contributed by atoms with van der Waals surface area (Å²) in [6.45, 7) is 0. The Bertz CT molecular complexity index is 706. The number of methoxy groups -OCH3 is 1.